The van der Waals surface area contributed by atoms with Crippen molar-refractivity contribution in [3.63, 3.8) is 0 Å². The first-order chi connectivity index (χ1) is 13.7. The van der Waals surface area contributed by atoms with Crippen molar-refractivity contribution in [1.29, 1.82) is 0 Å². The molecule has 0 spiro atoms. The Morgan fingerprint density at radius 3 is 2.59 bits per heavy atom. The van der Waals surface area contributed by atoms with E-state index in [1.807, 2.05) is 0 Å². The second-order valence-electron chi connectivity index (χ2n) is 6.93. The third-order valence-corrected chi connectivity index (χ3v) is 4.88. The Bertz CT molecular complexity index is 859. The van der Waals surface area contributed by atoms with Gasteiger partial charge in [-0.05, 0) is 6.92 Å². The molecule has 0 radical (unpaired) electrons. The molecule has 0 saturated carbocycles. The highest BCUT2D eigenvalue weighted by Gasteiger charge is 2.43. The molecule has 3 heterocycles. The number of rotatable bonds is 8. The predicted octanol–water partition coefficient (Wildman–Crippen LogP) is 2.82. The molecule has 1 aromatic rings. The van der Waals surface area contributed by atoms with E-state index < -0.39 is 35.1 Å². The number of amides is 1. The van der Waals surface area contributed by atoms with Crippen LogP contribution in [0.2, 0.25) is 0 Å². The smallest absolute Gasteiger partial charge is 0.436 e. The monoisotopic (exact) mass is 411 g/mol. The van der Waals surface area contributed by atoms with Gasteiger partial charge >= 0.3 is 12.1 Å². The van der Waals surface area contributed by atoms with E-state index in [0.717, 1.165) is 10.9 Å². The molecule has 0 N–H and O–H groups in total. The van der Waals surface area contributed by atoms with E-state index in [9.17, 15) is 22.8 Å². The van der Waals surface area contributed by atoms with Crippen molar-refractivity contribution in [2.45, 2.75) is 50.5 Å². The fourth-order valence-electron chi connectivity index (χ4n) is 3.11. The summed E-state index contributed by atoms with van der Waals surface area (Å²) in [6, 6.07) is -0.436. The Morgan fingerprint density at radius 1 is 1.34 bits per heavy atom. The molecular weight excluding hydrogens is 391 g/mol. The first-order valence-corrected chi connectivity index (χ1v) is 9.18. The van der Waals surface area contributed by atoms with Crippen LogP contribution in [0.3, 0.4) is 0 Å². The van der Waals surface area contributed by atoms with E-state index >= 15 is 0 Å². The van der Waals surface area contributed by atoms with Gasteiger partial charge in [-0.2, -0.15) is 28.5 Å². The van der Waals surface area contributed by atoms with Crippen molar-refractivity contribution < 1.29 is 27.5 Å². The standard InChI is InChI=1S/C18H20F3N5O3/c1-3-5-7-17(23-24-17)8-6-14(27)25-9-12(10-25)26-11-13(16(28)29-4-2)15(22-26)18(19,20)21/h1,11-12H,4-10H2,2H3. The largest absolute Gasteiger partial charge is 0.462 e. The Labute approximate surface area is 165 Å². The summed E-state index contributed by atoms with van der Waals surface area (Å²) in [7, 11) is 0. The molecule has 0 aliphatic carbocycles. The minimum Gasteiger partial charge on any atom is -0.462 e. The second-order valence-corrected chi connectivity index (χ2v) is 6.93. The lowest BCUT2D eigenvalue weighted by Gasteiger charge is -2.39. The highest BCUT2D eigenvalue weighted by Crippen LogP contribution is 2.38. The summed E-state index contributed by atoms with van der Waals surface area (Å²) in [5, 5.41) is 11.5. The number of nitrogens with zero attached hydrogens (tertiary/aromatic N) is 5. The Hall–Kier alpha value is -2.90. The highest BCUT2D eigenvalue weighted by atomic mass is 19.4. The summed E-state index contributed by atoms with van der Waals surface area (Å²) in [5.74, 6) is 1.31. The molecule has 1 aromatic heterocycles. The van der Waals surface area contributed by atoms with Crippen LogP contribution in [0.25, 0.3) is 0 Å². The van der Waals surface area contributed by atoms with Gasteiger partial charge < -0.3 is 9.64 Å². The molecule has 2 aliphatic heterocycles. The van der Waals surface area contributed by atoms with Gasteiger partial charge in [0.1, 0.15) is 5.56 Å². The summed E-state index contributed by atoms with van der Waals surface area (Å²) in [5.41, 5.74) is -2.46. The summed E-state index contributed by atoms with van der Waals surface area (Å²) in [6.45, 7) is 1.88. The average Bonchev–Trinajstić information content (AvgIpc) is 3.24. The molecule has 0 unspecified atom stereocenters. The molecule has 156 valence electrons. The molecule has 1 amide bonds. The van der Waals surface area contributed by atoms with Crippen molar-refractivity contribution in [2.75, 3.05) is 19.7 Å². The number of halogens is 3. The molecule has 0 aromatic carbocycles. The molecule has 2 aliphatic rings. The summed E-state index contributed by atoms with van der Waals surface area (Å²) < 4.78 is 45.3. The number of aromatic nitrogens is 2. The van der Waals surface area contributed by atoms with Gasteiger partial charge in [0.05, 0.1) is 12.6 Å². The van der Waals surface area contributed by atoms with Gasteiger partial charge in [-0.1, -0.05) is 0 Å². The van der Waals surface area contributed by atoms with Crippen molar-refractivity contribution in [1.82, 2.24) is 14.7 Å². The number of terminal acetylenes is 1. The zero-order chi connectivity index (χ0) is 21.2. The van der Waals surface area contributed by atoms with Crippen molar-refractivity contribution in [2.24, 2.45) is 10.2 Å². The van der Waals surface area contributed by atoms with Crippen molar-refractivity contribution in [3.05, 3.63) is 17.5 Å². The van der Waals surface area contributed by atoms with Gasteiger partial charge in [-0.3, -0.25) is 9.48 Å². The van der Waals surface area contributed by atoms with Crippen LogP contribution in [0.4, 0.5) is 13.2 Å². The van der Waals surface area contributed by atoms with E-state index in [1.54, 1.807) is 0 Å². The van der Waals surface area contributed by atoms with Gasteiger partial charge in [-0.25, -0.2) is 4.79 Å². The van der Waals surface area contributed by atoms with Crippen LogP contribution >= 0.6 is 0 Å². The number of hydrogen-bond acceptors (Lipinski definition) is 6. The van der Waals surface area contributed by atoms with Crippen molar-refractivity contribution in [3.8, 4) is 12.3 Å². The molecule has 8 nitrogen and oxygen atoms in total. The fourth-order valence-corrected chi connectivity index (χ4v) is 3.11. The molecule has 11 heteroatoms. The second kappa shape index (κ2) is 7.85. The lowest BCUT2D eigenvalue weighted by atomic mass is 10.0. The van der Waals surface area contributed by atoms with E-state index in [-0.39, 0.29) is 32.0 Å². The molecule has 0 atom stereocenters. The van der Waals surface area contributed by atoms with E-state index in [1.165, 1.54) is 11.8 Å². The topological polar surface area (TPSA) is 89.2 Å². The van der Waals surface area contributed by atoms with Crippen LogP contribution in [0, 0.1) is 12.3 Å². The maximum atomic E-state index is 13.2. The Balaban J connectivity index is 1.57. The number of hydrogen-bond donors (Lipinski definition) is 0. The molecular formula is C18H20F3N5O3. The highest BCUT2D eigenvalue weighted by molar-refractivity contribution is 5.90. The quantitative estimate of drug-likeness (QED) is 0.486. The zero-order valence-corrected chi connectivity index (χ0v) is 15.8. The molecule has 29 heavy (non-hydrogen) atoms. The Morgan fingerprint density at radius 2 is 2.03 bits per heavy atom. The van der Waals surface area contributed by atoms with Crippen LogP contribution in [0.1, 0.15) is 54.7 Å². The number of alkyl halides is 3. The predicted molar refractivity (Wildman–Crippen MR) is 93.7 cm³/mol. The molecule has 1 saturated heterocycles. The molecule has 0 bridgehead atoms. The summed E-state index contributed by atoms with van der Waals surface area (Å²) >= 11 is 0. The summed E-state index contributed by atoms with van der Waals surface area (Å²) in [6.07, 6.45) is 3.29. The van der Waals surface area contributed by atoms with Crippen LogP contribution < -0.4 is 0 Å². The number of carbonyl (C=O) groups is 2. The molecule has 1 fully saturated rings. The van der Waals surface area contributed by atoms with Crippen LogP contribution in [0.5, 0.6) is 0 Å². The third-order valence-electron chi connectivity index (χ3n) is 4.88. The summed E-state index contributed by atoms with van der Waals surface area (Å²) in [4.78, 5) is 25.6. The Kier molecular flexibility index (Phi) is 5.64. The average molecular weight is 411 g/mol. The first kappa shape index (κ1) is 20.8. The van der Waals surface area contributed by atoms with Crippen LogP contribution in [-0.2, 0) is 15.7 Å². The number of carbonyl (C=O) groups excluding carboxylic acids is 2. The van der Waals surface area contributed by atoms with Crippen LogP contribution in [0.15, 0.2) is 16.4 Å². The maximum Gasteiger partial charge on any atom is 0.436 e. The minimum absolute atomic E-state index is 0.0472. The van der Waals surface area contributed by atoms with Crippen molar-refractivity contribution >= 4 is 11.9 Å². The maximum absolute atomic E-state index is 13.2. The van der Waals surface area contributed by atoms with Gasteiger partial charge in [0.15, 0.2) is 11.4 Å². The fraction of sp³-hybridized carbons (Fsp3) is 0.611. The first-order valence-electron chi connectivity index (χ1n) is 9.18. The van der Waals surface area contributed by atoms with E-state index in [0.29, 0.717) is 19.3 Å². The SMILES string of the molecule is C#CCCC1(CCC(=O)N2CC(n3cc(C(=O)OCC)c(C(F)(F)F)n3)C2)N=N1. The number of likely N-dealkylation sites (tertiary alicyclic amines) is 1. The number of esters is 1. The normalized spacial score (nSPS) is 17.6. The van der Waals surface area contributed by atoms with E-state index in [4.69, 9.17) is 6.42 Å². The van der Waals surface area contributed by atoms with Gasteiger partial charge in [0.25, 0.3) is 0 Å². The van der Waals surface area contributed by atoms with Gasteiger partial charge in [0.2, 0.25) is 5.91 Å². The van der Waals surface area contributed by atoms with E-state index in [2.05, 4.69) is 26.0 Å². The lowest BCUT2D eigenvalue weighted by Crippen LogP contribution is -2.51. The van der Waals surface area contributed by atoms with Crippen LogP contribution in [-0.4, -0.2) is 51.9 Å². The number of ether oxygens (including phenoxy) is 1. The lowest BCUT2D eigenvalue weighted by molar-refractivity contribution is -0.143. The van der Waals surface area contributed by atoms with Gasteiger partial charge in [-0.15, -0.1) is 12.3 Å². The molecule has 3 rings (SSSR count). The van der Waals surface area contributed by atoms with Gasteiger partial charge in [0, 0.05) is 45.0 Å². The zero-order valence-electron chi connectivity index (χ0n) is 15.8. The third kappa shape index (κ3) is 4.58. The minimum atomic E-state index is -4.78.